The highest BCUT2D eigenvalue weighted by Gasteiger charge is 2.28. The van der Waals surface area contributed by atoms with Crippen LogP contribution in [0.1, 0.15) is 47.4 Å². The molecule has 2 fully saturated rings. The Balaban J connectivity index is 1.27. The Bertz CT molecular complexity index is 1440. The van der Waals surface area contributed by atoms with Crippen LogP contribution in [-0.2, 0) is 0 Å². The van der Waals surface area contributed by atoms with E-state index in [0.29, 0.717) is 34.4 Å². The molecule has 1 saturated heterocycles. The Kier molecular flexibility index (Phi) is 5.32. The number of hydrogen-bond acceptors (Lipinski definition) is 7. The molecule has 1 amide bonds. The molecule has 0 atom stereocenters. The van der Waals surface area contributed by atoms with E-state index < -0.39 is 11.7 Å². The van der Waals surface area contributed by atoms with Crippen molar-refractivity contribution in [2.45, 2.75) is 51.6 Å². The Morgan fingerprint density at radius 1 is 1.03 bits per heavy atom. The van der Waals surface area contributed by atoms with Gasteiger partial charge in [-0.15, -0.1) is 0 Å². The molecule has 2 N–H and O–H groups in total. The standard InChI is InChI=1S/C25H27FN8O/c1-14-15(2)34-13-18(11-20(26)23(34)30-14)32-25(35)19-12-29-24(22-21(19)27-7-8-28-22)33-9-5-17(6-10-33)31-16-3-4-16/h7-8,11-13,16-17,31H,3-6,9-10H2,1-2H3,(H,32,35). The van der Waals surface area contributed by atoms with Gasteiger partial charge >= 0.3 is 0 Å². The Hall–Kier alpha value is -3.66. The van der Waals surface area contributed by atoms with Crippen molar-refractivity contribution >= 4 is 34.1 Å². The molecule has 1 aliphatic heterocycles. The van der Waals surface area contributed by atoms with Gasteiger partial charge in [0.2, 0.25) is 0 Å². The van der Waals surface area contributed by atoms with Crippen molar-refractivity contribution in [2.75, 3.05) is 23.3 Å². The maximum Gasteiger partial charge on any atom is 0.259 e. The van der Waals surface area contributed by atoms with Gasteiger partial charge in [0, 0.05) is 61.7 Å². The molecule has 6 rings (SSSR count). The molecule has 0 spiro atoms. The predicted molar refractivity (Wildman–Crippen MR) is 131 cm³/mol. The molecule has 180 valence electrons. The number of nitrogens with zero attached hydrogens (tertiary/aromatic N) is 6. The van der Waals surface area contributed by atoms with E-state index in [1.807, 2.05) is 13.8 Å². The fraction of sp³-hybridized carbons (Fsp3) is 0.400. The Morgan fingerprint density at radius 2 is 1.74 bits per heavy atom. The van der Waals surface area contributed by atoms with Crippen LogP contribution in [0.4, 0.5) is 15.9 Å². The number of carbonyl (C=O) groups is 1. The third-order valence-corrected chi connectivity index (χ3v) is 6.98. The van der Waals surface area contributed by atoms with Crippen molar-refractivity contribution in [3.63, 3.8) is 0 Å². The highest BCUT2D eigenvalue weighted by Crippen LogP contribution is 2.28. The lowest BCUT2D eigenvalue weighted by atomic mass is 10.0. The third-order valence-electron chi connectivity index (χ3n) is 6.98. The summed E-state index contributed by atoms with van der Waals surface area (Å²) in [5.41, 5.74) is 3.47. The van der Waals surface area contributed by atoms with Crippen molar-refractivity contribution in [3.05, 3.63) is 53.6 Å². The Morgan fingerprint density at radius 3 is 2.49 bits per heavy atom. The molecule has 1 aliphatic carbocycles. The monoisotopic (exact) mass is 474 g/mol. The summed E-state index contributed by atoms with van der Waals surface area (Å²) < 4.78 is 16.3. The zero-order valence-electron chi connectivity index (χ0n) is 19.8. The minimum Gasteiger partial charge on any atom is -0.355 e. The normalized spacial score (nSPS) is 16.8. The minimum atomic E-state index is -0.503. The molecule has 35 heavy (non-hydrogen) atoms. The summed E-state index contributed by atoms with van der Waals surface area (Å²) in [6.45, 7) is 5.43. The molecular formula is C25H27FN8O. The van der Waals surface area contributed by atoms with E-state index in [4.69, 9.17) is 0 Å². The van der Waals surface area contributed by atoms with Crippen LogP contribution in [0.15, 0.2) is 30.9 Å². The molecule has 1 saturated carbocycles. The average Bonchev–Trinajstić information content (AvgIpc) is 3.63. The molecule has 2 aliphatic rings. The topological polar surface area (TPSA) is 100 Å². The van der Waals surface area contributed by atoms with Crippen molar-refractivity contribution in [1.82, 2.24) is 29.7 Å². The maximum atomic E-state index is 14.6. The number of halogens is 1. The first kappa shape index (κ1) is 21.8. The number of pyridine rings is 2. The van der Waals surface area contributed by atoms with E-state index >= 15 is 0 Å². The number of piperidine rings is 1. The number of rotatable bonds is 5. The van der Waals surface area contributed by atoms with Crippen LogP contribution < -0.4 is 15.5 Å². The molecule has 10 heteroatoms. The fourth-order valence-corrected chi connectivity index (χ4v) is 4.78. The van der Waals surface area contributed by atoms with Gasteiger partial charge in [-0.05, 0) is 39.5 Å². The smallest absolute Gasteiger partial charge is 0.259 e. The van der Waals surface area contributed by atoms with Crippen molar-refractivity contribution in [2.24, 2.45) is 0 Å². The minimum absolute atomic E-state index is 0.233. The van der Waals surface area contributed by atoms with Gasteiger partial charge in [-0.1, -0.05) is 0 Å². The molecule has 9 nitrogen and oxygen atoms in total. The van der Waals surface area contributed by atoms with Crippen molar-refractivity contribution in [1.29, 1.82) is 0 Å². The van der Waals surface area contributed by atoms with Gasteiger partial charge < -0.3 is 15.5 Å². The summed E-state index contributed by atoms with van der Waals surface area (Å²) in [6.07, 6.45) is 11.1. The molecule has 4 aromatic heterocycles. The van der Waals surface area contributed by atoms with Gasteiger partial charge in [0.15, 0.2) is 17.3 Å². The van der Waals surface area contributed by atoms with Gasteiger partial charge in [-0.25, -0.2) is 19.3 Å². The summed E-state index contributed by atoms with van der Waals surface area (Å²) in [5.74, 6) is -0.182. The quantitative estimate of drug-likeness (QED) is 0.457. The van der Waals surface area contributed by atoms with Crippen LogP contribution in [0.2, 0.25) is 0 Å². The second-order valence-electron chi connectivity index (χ2n) is 9.46. The summed E-state index contributed by atoms with van der Waals surface area (Å²) in [5, 5.41) is 6.50. The number of aromatic nitrogens is 5. The first-order valence-electron chi connectivity index (χ1n) is 12.0. The number of amides is 1. The third kappa shape index (κ3) is 4.07. The highest BCUT2D eigenvalue weighted by atomic mass is 19.1. The van der Waals surface area contributed by atoms with Gasteiger partial charge in [-0.3, -0.25) is 14.2 Å². The largest absolute Gasteiger partial charge is 0.355 e. The first-order chi connectivity index (χ1) is 17.0. The maximum absolute atomic E-state index is 14.6. The van der Waals surface area contributed by atoms with Crippen LogP contribution in [0.5, 0.6) is 0 Å². The number of aryl methyl sites for hydroxylation is 2. The van der Waals surface area contributed by atoms with Crippen molar-refractivity contribution in [3.8, 4) is 0 Å². The zero-order valence-corrected chi connectivity index (χ0v) is 19.8. The number of anilines is 2. The second kappa shape index (κ2) is 8.53. The number of nitrogens with one attached hydrogen (secondary N) is 2. The Labute approximate surface area is 201 Å². The van der Waals surface area contributed by atoms with Crippen LogP contribution in [0.25, 0.3) is 16.7 Å². The van der Waals surface area contributed by atoms with Gasteiger partial charge in [-0.2, -0.15) is 0 Å². The number of carbonyl (C=O) groups excluding carboxylic acids is 1. The lowest BCUT2D eigenvalue weighted by Gasteiger charge is -2.33. The molecule has 0 bridgehead atoms. The molecule has 0 unspecified atom stereocenters. The molecule has 5 heterocycles. The fourth-order valence-electron chi connectivity index (χ4n) is 4.78. The van der Waals surface area contributed by atoms with E-state index in [9.17, 15) is 9.18 Å². The number of fused-ring (bicyclic) bond motifs is 2. The molecule has 4 aromatic rings. The van der Waals surface area contributed by atoms with Crippen LogP contribution in [0, 0.1) is 19.7 Å². The molecular weight excluding hydrogens is 447 g/mol. The van der Waals surface area contributed by atoms with Crippen LogP contribution in [0.3, 0.4) is 0 Å². The van der Waals surface area contributed by atoms with E-state index in [0.717, 1.165) is 43.1 Å². The van der Waals surface area contributed by atoms with E-state index in [-0.39, 0.29) is 5.65 Å². The second-order valence-corrected chi connectivity index (χ2v) is 9.46. The van der Waals surface area contributed by atoms with Crippen LogP contribution in [-0.4, -0.2) is 55.4 Å². The highest BCUT2D eigenvalue weighted by molar-refractivity contribution is 6.12. The van der Waals surface area contributed by atoms with E-state index in [1.54, 1.807) is 23.0 Å². The number of hydrogen-bond donors (Lipinski definition) is 2. The summed E-state index contributed by atoms with van der Waals surface area (Å²) in [7, 11) is 0. The number of imidazole rings is 1. The van der Waals surface area contributed by atoms with E-state index in [1.165, 1.54) is 25.1 Å². The molecule has 0 radical (unpaired) electrons. The van der Waals surface area contributed by atoms with E-state index in [2.05, 4.69) is 35.5 Å². The average molecular weight is 475 g/mol. The summed E-state index contributed by atoms with van der Waals surface area (Å²) in [6, 6.07) is 2.51. The SMILES string of the molecule is Cc1nc2c(F)cc(NC(=O)c3cnc(N4CCC(NC5CC5)CC4)c4nccnc34)cn2c1C. The van der Waals surface area contributed by atoms with Crippen molar-refractivity contribution < 1.29 is 9.18 Å². The van der Waals surface area contributed by atoms with Gasteiger partial charge in [0.1, 0.15) is 11.0 Å². The van der Waals surface area contributed by atoms with Gasteiger partial charge in [0.05, 0.1) is 16.9 Å². The summed E-state index contributed by atoms with van der Waals surface area (Å²) >= 11 is 0. The lowest BCUT2D eigenvalue weighted by molar-refractivity contribution is 0.102. The van der Waals surface area contributed by atoms with Crippen LogP contribution >= 0.6 is 0 Å². The summed E-state index contributed by atoms with van der Waals surface area (Å²) in [4.78, 5) is 33.3. The lowest BCUT2D eigenvalue weighted by Crippen LogP contribution is -2.43. The zero-order chi connectivity index (χ0) is 24.1. The van der Waals surface area contributed by atoms with Gasteiger partial charge in [0.25, 0.3) is 5.91 Å². The first-order valence-corrected chi connectivity index (χ1v) is 12.0. The predicted octanol–water partition coefficient (Wildman–Crippen LogP) is 3.40. The molecule has 0 aromatic carbocycles.